The van der Waals surface area contributed by atoms with Crippen molar-refractivity contribution >= 4 is 23.6 Å². The van der Waals surface area contributed by atoms with Crippen molar-refractivity contribution in [3.05, 3.63) is 23.8 Å². The predicted octanol–water partition coefficient (Wildman–Crippen LogP) is 2.32. The number of anilines is 1. The van der Waals surface area contributed by atoms with Crippen molar-refractivity contribution in [3.8, 4) is 11.5 Å². The van der Waals surface area contributed by atoms with Gasteiger partial charge in [0.2, 0.25) is 0 Å². The number of benzene rings is 1. The quantitative estimate of drug-likeness (QED) is 0.816. The van der Waals surface area contributed by atoms with E-state index in [1.54, 1.807) is 17.0 Å². The van der Waals surface area contributed by atoms with Gasteiger partial charge in [0.15, 0.2) is 18.1 Å². The van der Waals surface area contributed by atoms with Crippen LogP contribution in [0.3, 0.4) is 0 Å². The van der Waals surface area contributed by atoms with Crippen LogP contribution in [0.25, 0.3) is 6.08 Å². The Labute approximate surface area is 128 Å². The van der Waals surface area contributed by atoms with E-state index in [-0.39, 0.29) is 12.5 Å². The predicted molar refractivity (Wildman–Crippen MR) is 82.4 cm³/mol. The fourth-order valence-corrected chi connectivity index (χ4v) is 2.28. The van der Waals surface area contributed by atoms with Crippen LogP contribution in [0.1, 0.15) is 25.3 Å². The molecule has 1 aliphatic rings. The topological polar surface area (TPSA) is 76.1 Å². The van der Waals surface area contributed by atoms with Crippen molar-refractivity contribution < 1.29 is 24.2 Å². The average Bonchev–Trinajstić information content (AvgIpc) is 2.51. The largest absolute Gasteiger partial charge is 0.493 e. The molecule has 0 atom stereocenters. The first-order valence-electron chi connectivity index (χ1n) is 7.13. The summed E-state index contributed by atoms with van der Waals surface area (Å²) < 4.78 is 10.8. The molecule has 0 radical (unpaired) electrons. The van der Waals surface area contributed by atoms with Gasteiger partial charge in [-0.25, -0.2) is 4.79 Å². The lowest BCUT2D eigenvalue weighted by atomic mass is 10.1. The normalized spacial score (nSPS) is 13.9. The molecule has 0 fully saturated rings. The number of carboxylic acids is 1. The van der Waals surface area contributed by atoms with Crippen LogP contribution in [0.5, 0.6) is 11.5 Å². The first-order valence-corrected chi connectivity index (χ1v) is 7.13. The van der Waals surface area contributed by atoms with Gasteiger partial charge < -0.3 is 19.5 Å². The van der Waals surface area contributed by atoms with Crippen LogP contribution in [0, 0.1) is 0 Å². The summed E-state index contributed by atoms with van der Waals surface area (Å²) in [6.45, 7) is 2.64. The Balaban J connectivity index is 2.46. The number of amides is 1. The third-order valence-corrected chi connectivity index (χ3v) is 3.36. The van der Waals surface area contributed by atoms with E-state index >= 15 is 0 Å². The number of rotatable bonds is 6. The van der Waals surface area contributed by atoms with Crippen LogP contribution in [0.15, 0.2) is 18.2 Å². The number of methoxy groups -OCH3 is 1. The molecule has 0 bridgehead atoms. The molecule has 22 heavy (non-hydrogen) atoms. The summed E-state index contributed by atoms with van der Waals surface area (Å²) in [5.74, 6) is -0.142. The van der Waals surface area contributed by atoms with E-state index in [4.69, 9.17) is 14.6 Å². The van der Waals surface area contributed by atoms with Gasteiger partial charge in [0.05, 0.1) is 12.8 Å². The van der Waals surface area contributed by atoms with Crippen molar-refractivity contribution in [2.24, 2.45) is 0 Å². The van der Waals surface area contributed by atoms with E-state index in [9.17, 15) is 9.59 Å². The van der Waals surface area contributed by atoms with Crippen molar-refractivity contribution in [2.75, 3.05) is 25.2 Å². The minimum atomic E-state index is -1.04. The highest BCUT2D eigenvalue weighted by Gasteiger charge is 2.28. The van der Waals surface area contributed by atoms with Gasteiger partial charge >= 0.3 is 5.97 Å². The van der Waals surface area contributed by atoms with Crippen LogP contribution in [0.4, 0.5) is 5.69 Å². The molecule has 1 heterocycles. The Bertz CT molecular complexity index is 609. The van der Waals surface area contributed by atoms with Crippen LogP contribution in [0.2, 0.25) is 0 Å². The highest BCUT2D eigenvalue weighted by Crippen LogP contribution is 2.41. The molecule has 2 rings (SSSR count). The summed E-state index contributed by atoms with van der Waals surface area (Å²) in [7, 11) is 1.51. The van der Waals surface area contributed by atoms with Gasteiger partial charge in [0.25, 0.3) is 5.91 Å². The molecule has 1 aliphatic heterocycles. The molecule has 0 aliphatic carbocycles. The number of hydrogen-bond acceptors (Lipinski definition) is 4. The number of unbranched alkanes of at least 4 members (excludes halogenated alkanes) is 1. The first kappa shape index (κ1) is 15.9. The van der Waals surface area contributed by atoms with Crippen LogP contribution in [-0.4, -0.2) is 37.2 Å². The lowest BCUT2D eigenvalue weighted by molar-refractivity contribution is -0.131. The fourth-order valence-electron chi connectivity index (χ4n) is 2.28. The van der Waals surface area contributed by atoms with Crippen molar-refractivity contribution in [1.29, 1.82) is 0 Å². The summed E-state index contributed by atoms with van der Waals surface area (Å²) in [6.07, 6.45) is 4.35. The minimum absolute atomic E-state index is 0.0165. The molecule has 6 nitrogen and oxygen atoms in total. The molecule has 118 valence electrons. The highest BCUT2D eigenvalue weighted by molar-refractivity contribution is 5.99. The maximum absolute atomic E-state index is 12.1. The SMILES string of the molecule is CCCCN1C(=O)COc2c(OC)cc(/C=C/C(=O)O)cc21. The Morgan fingerprint density at radius 1 is 1.50 bits per heavy atom. The average molecular weight is 305 g/mol. The Kier molecular flexibility index (Phi) is 5.04. The zero-order valence-electron chi connectivity index (χ0n) is 12.7. The van der Waals surface area contributed by atoms with E-state index in [1.807, 2.05) is 0 Å². The smallest absolute Gasteiger partial charge is 0.328 e. The zero-order chi connectivity index (χ0) is 16.1. The first-order chi connectivity index (χ1) is 10.6. The number of ether oxygens (including phenoxy) is 2. The Hall–Kier alpha value is -2.50. The molecule has 1 aromatic rings. The van der Waals surface area contributed by atoms with Crippen molar-refractivity contribution in [1.82, 2.24) is 0 Å². The number of carbonyl (C=O) groups excluding carboxylic acids is 1. The van der Waals surface area contributed by atoms with Gasteiger partial charge in [-0.1, -0.05) is 13.3 Å². The monoisotopic (exact) mass is 305 g/mol. The number of carboxylic acid groups (broad SMARTS) is 1. The summed E-state index contributed by atoms with van der Waals surface area (Å²) in [6, 6.07) is 3.43. The van der Waals surface area contributed by atoms with E-state index in [1.165, 1.54) is 13.2 Å². The molecule has 0 spiro atoms. The maximum atomic E-state index is 12.1. The third kappa shape index (κ3) is 3.39. The van der Waals surface area contributed by atoms with Gasteiger partial charge in [-0.2, -0.15) is 0 Å². The molecule has 1 N–H and O–H groups in total. The van der Waals surface area contributed by atoms with Gasteiger partial charge in [-0.15, -0.1) is 0 Å². The summed E-state index contributed by atoms with van der Waals surface area (Å²) in [5.41, 5.74) is 1.26. The zero-order valence-corrected chi connectivity index (χ0v) is 12.7. The standard InChI is InChI=1S/C16H19NO5/c1-3-4-7-17-12-8-11(5-6-15(19)20)9-13(21-2)16(12)22-10-14(17)18/h5-6,8-9H,3-4,7,10H2,1-2H3,(H,19,20)/b6-5+. The van der Waals surface area contributed by atoms with Crippen LogP contribution < -0.4 is 14.4 Å². The second-order valence-electron chi connectivity index (χ2n) is 4.93. The number of aliphatic carboxylic acids is 1. The number of hydrogen-bond donors (Lipinski definition) is 1. The van der Waals surface area contributed by atoms with Gasteiger partial charge in [-0.3, -0.25) is 4.79 Å². The molecule has 0 saturated carbocycles. The van der Waals surface area contributed by atoms with E-state index < -0.39 is 5.97 Å². The number of fused-ring (bicyclic) bond motifs is 1. The van der Waals surface area contributed by atoms with Gasteiger partial charge in [0.1, 0.15) is 0 Å². The molecule has 0 unspecified atom stereocenters. The second kappa shape index (κ2) is 6.98. The maximum Gasteiger partial charge on any atom is 0.328 e. The van der Waals surface area contributed by atoms with E-state index in [2.05, 4.69) is 6.92 Å². The molecule has 0 saturated heterocycles. The van der Waals surface area contributed by atoms with Gasteiger partial charge in [0, 0.05) is 12.6 Å². The van der Waals surface area contributed by atoms with Crippen molar-refractivity contribution in [3.63, 3.8) is 0 Å². The molecular weight excluding hydrogens is 286 g/mol. The molecule has 6 heteroatoms. The number of nitrogens with zero attached hydrogens (tertiary/aromatic N) is 1. The van der Waals surface area contributed by atoms with Crippen LogP contribution in [-0.2, 0) is 9.59 Å². The second-order valence-corrected chi connectivity index (χ2v) is 4.93. The molecule has 1 amide bonds. The molecule has 1 aromatic carbocycles. The van der Waals surface area contributed by atoms with Gasteiger partial charge in [-0.05, 0) is 30.2 Å². The summed E-state index contributed by atoms with van der Waals surface area (Å²) in [5, 5.41) is 8.74. The molecular formula is C16H19NO5. The molecule has 0 aromatic heterocycles. The lowest BCUT2D eigenvalue weighted by Gasteiger charge is -2.30. The Morgan fingerprint density at radius 2 is 2.27 bits per heavy atom. The highest BCUT2D eigenvalue weighted by atomic mass is 16.5. The minimum Gasteiger partial charge on any atom is -0.493 e. The number of carbonyl (C=O) groups is 2. The van der Waals surface area contributed by atoms with E-state index in [0.29, 0.717) is 29.3 Å². The fraction of sp³-hybridized carbons (Fsp3) is 0.375. The summed E-state index contributed by atoms with van der Waals surface area (Å²) in [4.78, 5) is 24.4. The summed E-state index contributed by atoms with van der Waals surface area (Å²) >= 11 is 0. The lowest BCUT2D eigenvalue weighted by Crippen LogP contribution is -2.39. The van der Waals surface area contributed by atoms with Crippen molar-refractivity contribution in [2.45, 2.75) is 19.8 Å². The van der Waals surface area contributed by atoms with E-state index in [0.717, 1.165) is 18.9 Å². The third-order valence-electron chi connectivity index (χ3n) is 3.36. The van der Waals surface area contributed by atoms with Crippen LogP contribution >= 0.6 is 0 Å². The Morgan fingerprint density at radius 3 is 2.91 bits per heavy atom.